The maximum atomic E-state index is 6.19. The van der Waals surface area contributed by atoms with Gasteiger partial charge in [-0.25, -0.2) is 0 Å². The van der Waals surface area contributed by atoms with Gasteiger partial charge in [0.15, 0.2) is 0 Å². The van der Waals surface area contributed by atoms with Crippen LogP contribution in [0.15, 0.2) is 0 Å². The Balaban J connectivity index is 1.65. The lowest BCUT2D eigenvalue weighted by atomic mass is 9.81. The lowest BCUT2D eigenvalue weighted by molar-refractivity contribution is 0.0235. The first kappa shape index (κ1) is 12.9. The molecule has 0 aromatic heterocycles. The molecule has 3 nitrogen and oxygen atoms in total. The van der Waals surface area contributed by atoms with Gasteiger partial charge in [0.1, 0.15) is 0 Å². The molecule has 0 aromatic rings. The maximum absolute atomic E-state index is 6.19. The summed E-state index contributed by atoms with van der Waals surface area (Å²) in [4.78, 5) is 5.32. The van der Waals surface area contributed by atoms with E-state index in [4.69, 9.17) is 5.73 Å². The molecule has 1 saturated carbocycles. The SMILES string of the molecule is CC1CC1CN(C)C1(CN)CCN2CCCC2C1. The van der Waals surface area contributed by atoms with Crippen LogP contribution in [-0.2, 0) is 0 Å². The van der Waals surface area contributed by atoms with Crippen molar-refractivity contribution in [1.29, 1.82) is 0 Å². The quantitative estimate of drug-likeness (QED) is 0.822. The lowest BCUT2D eigenvalue weighted by Gasteiger charge is -2.49. The smallest absolute Gasteiger partial charge is 0.0355 e. The summed E-state index contributed by atoms with van der Waals surface area (Å²) in [5.41, 5.74) is 6.49. The molecule has 4 atom stereocenters. The molecule has 3 aliphatic rings. The minimum Gasteiger partial charge on any atom is -0.329 e. The first-order valence-electron chi connectivity index (χ1n) is 7.80. The van der Waals surface area contributed by atoms with Gasteiger partial charge in [-0.15, -0.1) is 0 Å². The number of nitrogens with two attached hydrogens (primary N) is 1. The molecule has 0 spiro atoms. The highest BCUT2D eigenvalue weighted by Crippen LogP contribution is 2.41. The monoisotopic (exact) mass is 251 g/mol. The highest BCUT2D eigenvalue weighted by molar-refractivity contribution is 5.02. The molecule has 1 aliphatic carbocycles. The zero-order chi connectivity index (χ0) is 12.8. The summed E-state index contributed by atoms with van der Waals surface area (Å²) in [6, 6.07) is 0.821. The molecule has 0 bridgehead atoms. The van der Waals surface area contributed by atoms with E-state index in [1.54, 1.807) is 0 Å². The number of nitrogens with zero attached hydrogens (tertiary/aromatic N) is 2. The Bertz CT molecular complexity index is 306. The molecule has 0 amide bonds. The molecule has 2 heterocycles. The standard InChI is InChI=1S/C15H29N3/c1-12-8-13(12)10-17(2)15(11-16)5-7-18-6-3-4-14(18)9-15/h12-14H,3-11,16H2,1-2H3. The van der Waals surface area contributed by atoms with Crippen LogP contribution in [0.5, 0.6) is 0 Å². The molecule has 18 heavy (non-hydrogen) atoms. The highest BCUT2D eigenvalue weighted by Gasteiger charge is 2.45. The van der Waals surface area contributed by atoms with Crippen molar-refractivity contribution in [3.05, 3.63) is 0 Å². The minimum atomic E-state index is 0.299. The Morgan fingerprint density at radius 3 is 2.83 bits per heavy atom. The summed E-state index contributed by atoms with van der Waals surface area (Å²) in [5.74, 6) is 1.90. The van der Waals surface area contributed by atoms with Gasteiger partial charge in [-0.1, -0.05) is 6.92 Å². The number of likely N-dealkylation sites (N-methyl/N-ethyl adjacent to an activating group) is 1. The van der Waals surface area contributed by atoms with Crippen LogP contribution in [0.2, 0.25) is 0 Å². The van der Waals surface area contributed by atoms with Crippen LogP contribution in [0.25, 0.3) is 0 Å². The summed E-state index contributed by atoms with van der Waals surface area (Å²) in [5, 5.41) is 0. The van der Waals surface area contributed by atoms with E-state index in [-0.39, 0.29) is 0 Å². The number of piperidine rings is 1. The second-order valence-corrected chi connectivity index (χ2v) is 7.07. The Labute approximate surface area is 112 Å². The second kappa shape index (κ2) is 4.77. The molecule has 2 N–H and O–H groups in total. The number of hydrogen-bond donors (Lipinski definition) is 1. The summed E-state index contributed by atoms with van der Waals surface area (Å²) in [6.07, 6.45) is 6.81. The summed E-state index contributed by atoms with van der Waals surface area (Å²) in [6.45, 7) is 7.09. The van der Waals surface area contributed by atoms with Gasteiger partial charge in [-0.3, -0.25) is 4.90 Å². The zero-order valence-electron chi connectivity index (χ0n) is 12.1. The van der Waals surface area contributed by atoms with Crippen molar-refractivity contribution >= 4 is 0 Å². The van der Waals surface area contributed by atoms with Crippen molar-refractivity contribution in [3.63, 3.8) is 0 Å². The number of hydrogen-bond acceptors (Lipinski definition) is 3. The largest absolute Gasteiger partial charge is 0.329 e. The molecule has 0 aromatic carbocycles. The Morgan fingerprint density at radius 1 is 1.39 bits per heavy atom. The lowest BCUT2D eigenvalue weighted by Crippen LogP contribution is -2.60. The van der Waals surface area contributed by atoms with Crippen molar-refractivity contribution in [2.45, 2.75) is 50.6 Å². The van der Waals surface area contributed by atoms with Crippen LogP contribution in [0.4, 0.5) is 0 Å². The topological polar surface area (TPSA) is 32.5 Å². The predicted octanol–water partition coefficient (Wildman–Crippen LogP) is 1.53. The van der Waals surface area contributed by atoms with E-state index in [0.717, 1.165) is 24.4 Å². The van der Waals surface area contributed by atoms with Crippen molar-refractivity contribution in [2.24, 2.45) is 17.6 Å². The average molecular weight is 251 g/mol. The average Bonchev–Trinajstić information content (AvgIpc) is 2.90. The third-order valence-electron chi connectivity index (χ3n) is 5.95. The molecule has 3 fully saturated rings. The van der Waals surface area contributed by atoms with Crippen molar-refractivity contribution in [3.8, 4) is 0 Å². The number of fused-ring (bicyclic) bond motifs is 1. The third kappa shape index (κ3) is 2.21. The summed E-state index contributed by atoms with van der Waals surface area (Å²) >= 11 is 0. The van der Waals surface area contributed by atoms with Gasteiger partial charge in [-0.2, -0.15) is 0 Å². The molecule has 4 unspecified atom stereocenters. The van der Waals surface area contributed by atoms with Gasteiger partial charge in [0.05, 0.1) is 0 Å². The highest BCUT2D eigenvalue weighted by atomic mass is 15.3. The molecular formula is C15H29N3. The van der Waals surface area contributed by atoms with E-state index >= 15 is 0 Å². The molecule has 2 aliphatic heterocycles. The summed E-state index contributed by atoms with van der Waals surface area (Å²) in [7, 11) is 2.32. The van der Waals surface area contributed by atoms with Crippen LogP contribution in [-0.4, -0.2) is 54.6 Å². The fourth-order valence-corrected chi connectivity index (χ4v) is 4.20. The van der Waals surface area contributed by atoms with Gasteiger partial charge in [0.2, 0.25) is 0 Å². The van der Waals surface area contributed by atoms with Gasteiger partial charge in [0.25, 0.3) is 0 Å². The van der Waals surface area contributed by atoms with Gasteiger partial charge >= 0.3 is 0 Å². The van der Waals surface area contributed by atoms with Crippen molar-refractivity contribution in [2.75, 3.05) is 33.2 Å². The normalized spacial score (nSPS) is 44.3. The molecule has 0 radical (unpaired) electrons. The van der Waals surface area contributed by atoms with Crippen LogP contribution in [0.3, 0.4) is 0 Å². The van der Waals surface area contributed by atoms with Gasteiger partial charge in [-0.05, 0) is 57.5 Å². The zero-order valence-corrected chi connectivity index (χ0v) is 12.1. The Hall–Kier alpha value is -0.120. The van der Waals surface area contributed by atoms with E-state index in [9.17, 15) is 0 Å². The molecule has 3 heteroatoms. The predicted molar refractivity (Wildman–Crippen MR) is 75.5 cm³/mol. The van der Waals surface area contributed by atoms with Gasteiger partial charge < -0.3 is 10.6 Å². The molecular weight excluding hydrogens is 222 g/mol. The van der Waals surface area contributed by atoms with E-state index in [0.29, 0.717) is 5.54 Å². The van der Waals surface area contributed by atoms with E-state index in [1.807, 2.05) is 0 Å². The second-order valence-electron chi connectivity index (χ2n) is 7.07. The first-order valence-corrected chi connectivity index (χ1v) is 7.80. The molecule has 104 valence electrons. The van der Waals surface area contributed by atoms with Crippen LogP contribution in [0.1, 0.15) is 39.0 Å². The fraction of sp³-hybridized carbons (Fsp3) is 1.00. The number of rotatable bonds is 4. The van der Waals surface area contributed by atoms with E-state index in [2.05, 4.69) is 23.8 Å². The Morgan fingerprint density at radius 2 is 2.17 bits per heavy atom. The first-order chi connectivity index (χ1) is 8.64. The fourth-order valence-electron chi connectivity index (χ4n) is 4.20. The van der Waals surface area contributed by atoms with Gasteiger partial charge in [0, 0.05) is 31.2 Å². The summed E-state index contributed by atoms with van der Waals surface area (Å²) < 4.78 is 0. The van der Waals surface area contributed by atoms with E-state index in [1.165, 1.54) is 51.7 Å². The van der Waals surface area contributed by atoms with Crippen LogP contribution in [0, 0.1) is 11.8 Å². The van der Waals surface area contributed by atoms with Crippen LogP contribution < -0.4 is 5.73 Å². The third-order valence-corrected chi connectivity index (χ3v) is 5.95. The Kier molecular flexibility index (Phi) is 3.41. The van der Waals surface area contributed by atoms with E-state index < -0.39 is 0 Å². The molecule has 3 rings (SSSR count). The van der Waals surface area contributed by atoms with Crippen molar-refractivity contribution < 1.29 is 0 Å². The minimum absolute atomic E-state index is 0.299. The maximum Gasteiger partial charge on any atom is 0.0355 e. The van der Waals surface area contributed by atoms with Crippen molar-refractivity contribution in [1.82, 2.24) is 9.80 Å². The van der Waals surface area contributed by atoms with Crippen LogP contribution >= 0.6 is 0 Å². The molecule has 2 saturated heterocycles.